The predicted molar refractivity (Wildman–Crippen MR) is 104 cm³/mol. The van der Waals surface area contributed by atoms with Crippen molar-refractivity contribution in [2.24, 2.45) is 11.1 Å². The molecule has 2 aromatic carbocycles. The third kappa shape index (κ3) is 2.38. The fourth-order valence-corrected chi connectivity index (χ4v) is 4.81. The zero-order chi connectivity index (χ0) is 19.2. The van der Waals surface area contributed by atoms with Crippen LogP contribution < -0.4 is 5.73 Å². The van der Waals surface area contributed by atoms with Crippen LogP contribution in [-0.2, 0) is 4.79 Å². The summed E-state index contributed by atoms with van der Waals surface area (Å²) in [6, 6.07) is 18.2. The lowest BCUT2D eigenvalue weighted by Crippen LogP contribution is -2.41. The quantitative estimate of drug-likeness (QED) is 0.807. The second-order valence-corrected chi connectivity index (χ2v) is 7.68. The number of carbonyl (C=O) groups excluding carboxylic acids is 1. The van der Waals surface area contributed by atoms with Crippen LogP contribution in [0.5, 0.6) is 0 Å². The second kappa shape index (κ2) is 6.26. The van der Waals surface area contributed by atoms with E-state index >= 15 is 0 Å². The van der Waals surface area contributed by atoms with Crippen LogP contribution in [0.3, 0.4) is 0 Å². The predicted octanol–water partition coefficient (Wildman–Crippen LogP) is 3.46. The van der Waals surface area contributed by atoms with Gasteiger partial charge in [0.2, 0.25) is 5.91 Å². The van der Waals surface area contributed by atoms with Gasteiger partial charge in [0.05, 0.1) is 18.2 Å². The van der Waals surface area contributed by atoms with Crippen molar-refractivity contribution in [3.8, 4) is 12.1 Å². The van der Waals surface area contributed by atoms with E-state index < -0.39 is 29.3 Å². The number of rotatable bonds is 2. The Balaban J connectivity index is 2.02. The van der Waals surface area contributed by atoms with Crippen LogP contribution in [0.2, 0.25) is 0 Å². The van der Waals surface area contributed by atoms with Gasteiger partial charge in [-0.2, -0.15) is 10.5 Å². The summed E-state index contributed by atoms with van der Waals surface area (Å²) in [5.41, 5.74) is 6.84. The average molecular weight is 419 g/mol. The molecule has 2 aliphatic rings. The fraction of sp³-hybridized carbons (Fsp3) is 0.190. The van der Waals surface area contributed by atoms with E-state index in [4.69, 9.17) is 5.73 Å². The molecule has 0 radical (unpaired) electrons. The lowest BCUT2D eigenvalue weighted by molar-refractivity contribution is -0.122. The molecule has 2 N–H and O–H groups in total. The maximum absolute atomic E-state index is 12.5. The molecule has 5 nitrogen and oxygen atoms in total. The molecule has 0 aromatic heterocycles. The number of nitrogens with two attached hydrogens (primary N) is 1. The van der Waals surface area contributed by atoms with E-state index in [2.05, 4.69) is 28.1 Å². The highest BCUT2D eigenvalue weighted by atomic mass is 79.9. The minimum atomic E-state index is -1.46. The monoisotopic (exact) mass is 418 g/mol. The fourth-order valence-electron chi connectivity index (χ4n) is 4.39. The molecule has 0 saturated carbocycles. The summed E-state index contributed by atoms with van der Waals surface area (Å²) >= 11 is 3.44. The number of nitrogens with zero attached hydrogens (tertiary/aromatic N) is 3. The molecule has 27 heavy (non-hydrogen) atoms. The highest BCUT2D eigenvalue weighted by Crippen LogP contribution is 2.59. The van der Waals surface area contributed by atoms with E-state index in [0.717, 1.165) is 21.2 Å². The summed E-state index contributed by atoms with van der Waals surface area (Å²) < 4.78 is 0.814. The van der Waals surface area contributed by atoms with Crippen LogP contribution in [0, 0.1) is 28.1 Å². The molecular formula is C21H15BrN4O. The summed E-state index contributed by atoms with van der Waals surface area (Å²) in [6.45, 7) is 0. The molecule has 2 aromatic rings. The first kappa shape index (κ1) is 17.3. The van der Waals surface area contributed by atoms with E-state index in [1.54, 1.807) is 11.1 Å². The SMILES string of the molecule is N#CC1(C#N)[C@H](c2cccc(Br)c2)[C@H](C(N)=O)N2C=Cc3ccccc3[C@H]21. The molecule has 1 amide bonds. The molecule has 1 saturated heterocycles. The number of halogens is 1. The van der Waals surface area contributed by atoms with Gasteiger partial charge in [-0.3, -0.25) is 4.79 Å². The highest BCUT2D eigenvalue weighted by molar-refractivity contribution is 9.10. The molecule has 6 heteroatoms. The molecule has 1 fully saturated rings. The first-order chi connectivity index (χ1) is 13.0. The van der Waals surface area contributed by atoms with Crippen molar-refractivity contribution < 1.29 is 4.79 Å². The largest absolute Gasteiger partial charge is 0.368 e. The second-order valence-electron chi connectivity index (χ2n) is 6.77. The summed E-state index contributed by atoms with van der Waals surface area (Å²) in [7, 11) is 0. The van der Waals surface area contributed by atoms with E-state index in [9.17, 15) is 15.3 Å². The first-order valence-electron chi connectivity index (χ1n) is 8.45. The van der Waals surface area contributed by atoms with Crippen LogP contribution in [0.1, 0.15) is 28.7 Å². The van der Waals surface area contributed by atoms with Crippen LogP contribution in [-0.4, -0.2) is 16.8 Å². The Bertz CT molecular complexity index is 1030. The molecule has 0 unspecified atom stereocenters. The van der Waals surface area contributed by atoms with Crippen LogP contribution in [0.25, 0.3) is 6.08 Å². The molecule has 0 bridgehead atoms. The molecule has 3 atom stereocenters. The Kier molecular flexibility index (Phi) is 4.02. The topological polar surface area (TPSA) is 93.9 Å². The maximum Gasteiger partial charge on any atom is 0.240 e. The third-order valence-corrected chi connectivity index (χ3v) is 5.94. The zero-order valence-electron chi connectivity index (χ0n) is 14.2. The van der Waals surface area contributed by atoms with E-state index in [1.165, 1.54) is 0 Å². The normalized spacial score (nSPS) is 24.4. The minimum absolute atomic E-state index is 0.554. The van der Waals surface area contributed by atoms with Crippen LogP contribution in [0.4, 0.5) is 0 Å². The maximum atomic E-state index is 12.5. The minimum Gasteiger partial charge on any atom is -0.368 e. The average Bonchev–Trinajstić information content (AvgIpc) is 2.99. The lowest BCUT2D eigenvalue weighted by Gasteiger charge is -2.34. The smallest absolute Gasteiger partial charge is 0.240 e. The molecule has 4 rings (SSSR count). The van der Waals surface area contributed by atoms with Gasteiger partial charge in [-0.25, -0.2) is 0 Å². The van der Waals surface area contributed by atoms with Gasteiger partial charge in [0.25, 0.3) is 0 Å². The van der Waals surface area contributed by atoms with Crippen molar-refractivity contribution in [3.63, 3.8) is 0 Å². The number of carbonyl (C=O) groups is 1. The van der Waals surface area contributed by atoms with E-state index in [0.29, 0.717) is 0 Å². The Morgan fingerprint density at radius 3 is 2.56 bits per heavy atom. The number of hydrogen-bond donors (Lipinski definition) is 1. The number of benzene rings is 2. The van der Waals surface area contributed by atoms with Gasteiger partial charge < -0.3 is 10.6 Å². The Morgan fingerprint density at radius 2 is 1.89 bits per heavy atom. The number of primary amides is 1. The molecule has 0 aliphatic carbocycles. The number of nitriles is 2. The van der Waals surface area contributed by atoms with Crippen molar-refractivity contribution in [2.45, 2.75) is 18.0 Å². The number of amides is 1. The molecule has 2 aliphatic heterocycles. The molecule has 0 spiro atoms. The summed E-state index contributed by atoms with van der Waals surface area (Å²) in [5.74, 6) is -1.23. The van der Waals surface area contributed by atoms with E-state index in [-0.39, 0.29) is 0 Å². The van der Waals surface area contributed by atoms with E-state index in [1.807, 2.05) is 54.6 Å². The summed E-state index contributed by atoms with van der Waals surface area (Å²) in [4.78, 5) is 14.3. The summed E-state index contributed by atoms with van der Waals surface area (Å²) in [6.07, 6.45) is 3.68. The standard InChI is InChI=1S/C21H15BrN4O/c22-15-6-3-5-14(10-15)17-18(20(25)27)26-9-8-13-4-1-2-7-16(13)19(26)21(17,11-23)12-24/h1-10,17-19H,(H2,25,27)/t17-,18-,19+/m1/s1. The Labute approximate surface area is 165 Å². The zero-order valence-corrected chi connectivity index (χ0v) is 15.8. The van der Waals surface area contributed by atoms with Gasteiger partial charge in [0.15, 0.2) is 5.41 Å². The molecular weight excluding hydrogens is 404 g/mol. The van der Waals surface area contributed by atoms with Crippen molar-refractivity contribution in [2.75, 3.05) is 0 Å². The van der Waals surface area contributed by atoms with Crippen LogP contribution in [0.15, 0.2) is 59.2 Å². The first-order valence-corrected chi connectivity index (χ1v) is 9.24. The van der Waals surface area contributed by atoms with Gasteiger partial charge in [-0.05, 0) is 34.9 Å². The van der Waals surface area contributed by atoms with Crippen LogP contribution >= 0.6 is 15.9 Å². The van der Waals surface area contributed by atoms with Gasteiger partial charge in [0, 0.05) is 16.6 Å². The molecule has 132 valence electrons. The lowest BCUT2D eigenvalue weighted by atomic mass is 9.68. The van der Waals surface area contributed by atoms with Gasteiger partial charge in [-0.1, -0.05) is 52.3 Å². The molecule has 2 heterocycles. The summed E-state index contributed by atoms with van der Waals surface area (Å²) in [5, 5.41) is 20.4. The van der Waals surface area contributed by atoms with Crippen molar-refractivity contribution in [1.29, 1.82) is 10.5 Å². The Morgan fingerprint density at radius 1 is 1.15 bits per heavy atom. The van der Waals surface area contributed by atoms with Crippen molar-refractivity contribution >= 4 is 27.9 Å². The third-order valence-electron chi connectivity index (χ3n) is 5.44. The van der Waals surface area contributed by atoms with Gasteiger partial charge >= 0.3 is 0 Å². The van der Waals surface area contributed by atoms with Gasteiger partial charge in [0.1, 0.15) is 6.04 Å². The van der Waals surface area contributed by atoms with Crippen molar-refractivity contribution in [3.05, 3.63) is 75.9 Å². The number of fused-ring (bicyclic) bond motifs is 3. The van der Waals surface area contributed by atoms with Crippen molar-refractivity contribution in [1.82, 2.24) is 4.90 Å². The number of hydrogen-bond acceptors (Lipinski definition) is 4. The highest BCUT2D eigenvalue weighted by Gasteiger charge is 2.63. The Hall–Kier alpha value is -3.09. The van der Waals surface area contributed by atoms with Gasteiger partial charge in [-0.15, -0.1) is 0 Å².